The van der Waals surface area contributed by atoms with E-state index >= 15 is 0 Å². The molecule has 0 aromatic heterocycles. The first-order valence-corrected chi connectivity index (χ1v) is 3.22. The smallest absolute Gasteiger partial charge is 0.154 e. The molecule has 0 saturated carbocycles. The van der Waals surface area contributed by atoms with Gasteiger partial charge in [0.15, 0.2) is 3.84 Å². The van der Waals surface area contributed by atoms with Crippen molar-refractivity contribution in [3.8, 4) is 0 Å². The van der Waals surface area contributed by atoms with Gasteiger partial charge in [0.05, 0.1) is 0 Å². The Morgan fingerprint density at radius 2 is 1.75 bits per heavy atom. The van der Waals surface area contributed by atoms with Gasteiger partial charge in [-0.25, -0.2) is 0 Å². The van der Waals surface area contributed by atoms with Crippen molar-refractivity contribution < 1.29 is 5.11 Å². The Morgan fingerprint density at radius 1 is 1.75 bits per heavy atom. The van der Waals surface area contributed by atoms with Crippen molar-refractivity contribution in [2.75, 3.05) is 0 Å². The number of hydrogen-bond donors (Lipinski definition) is 3. The zero-order valence-corrected chi connectivity index (χ0v) is 7.14. The number of rotatable bonds is 0. The van der Waals surface area contributed by atoms with Crippen LogP contribution in [0.4, 0.5) is 0 Å². The van der Waals surface area contributed by atoms with Crippen molar-refractivity contribution >= 4 is 26.4 Å². The number of amidine groups is 1. The lowest BCUT2D eigenvalue weighted by Crippen LogP contribution is -1.95. The summed E-state index contributed by atoms with van der Waals surface area (Å²) in [6.07, 6.45) is -0.167. The van der Waals surface area contributed by atoms with Gasteiger partial charge in [-0.05, 0) is 36.4 Å². The highest BCUT2D eigenvalue weighted by Crippen LogP contribution is 1.68. The van der Waals surface area contributed by atoms with Crippen molar-refractivity contribution in [2.45, 2.75) is 20.0 Å². The number of halogens is 1. The summed E-state index contributed by atoms with van der Waals surface area (Å²) in [6.45, 7) is 3.44. The zero-order valence-electron chi connectivity index (χ0n) is 4.98. The van der Waals surface area contributed by atoms with Crippen molar-refractivity contribution in [2.24, 2.45) is 5.73 Å². The van der Waals surface area contributed by atoms with Gasteiger partial charge in [-0.3, -0.25) is 5.41 Å². The molecule has 0 bridgehead atoms. The van der Waals surface area contributed by atoms with E-state index in [-0.39, 0.29) is 9.95 Å². The number of aliphatic hydroxyl groups is 1. The molecule has 0 rings (SSSR count). The van der Waals surface area contributed by atoms with E-state index in [1.54, 1.807) is 36.4 Å². The molecule has 0 aliphatic rings. The lowest BCUT2D eigenvalue weighted by Gasteiger charge is -1.80. The van der Waals surface area contributed by atoms with Gasteiger partial charge < -0.3 is 10.8 Å². The molecule has 8 heavy (non-hydrogen) atoms. The molecule has 0 amide bonds. The van der Waals surface area contributed by atoms with Gasteiger partial charge in [-0.2, -0.15) is 0 Å². The van der Waals surface area contributed by atoms with Crippen LogP contribution < -0.4 is 5.73 Å². The normalized spacial score (nSPS) is 7.62. The molecule has 0 aliphatic carbocycles. The molecular formula is C4H11IN2O. The summed E-state index contributed by atoms with van der Waals surface area (Å²) in [5.74, 6) is 0. The Kier molecular flexibility index (Phi) is 9.87. The summed E-state index contributed by atoms with van der Waals surface area (Å²) < 4.78 is 0.137. The molecule has 0 unspecified atom stereocenters. The van der Waals surface area contributed by atoms with Crippen LogP contribution in [0.2, 0.25) is 0 Å². The molecule has 0 heterocycles. The van der Waals surface area contributed by atoms with E-state index < -0.39 is 0 Å². The van der Waals surface area contributed by atoms with Crippen LogP contribution in [0.1, 0.15) is 13.8 Å². The van der Waals surface area contributed by atoms with Crippen LogP contribution in [0.15, 0.2) is 0 Å². The number of nitrogens with two attached hydrogens (primary N) is 1. The molecule has 50 valence electrons. The Bertz CT molecular complexity index is 58.3. The summed E-state index contributed by atoms with van der Waals surface area (Å²) in [4.78, 5) is 0. The quantitative estimate of drug-likeness (QED) is 0.248. The van der Waals surface area contributed by atoms with E-state index in [2.05, 4.69) is 5.73 Å². The second-order valence-corrected chi connectivity index (χ2v) is 2.60. The predicted octanol–water partition coefficient (Wildman–Crippen LogP) is 0.702. The fourth-order valence-corrected chi connectivity index (χ4v) is 0. The Hall–Kier alpha value is 0.160. The van der Waals surface area contributed by atoms with E-state index in [4.69, 9.17) is 10.5 Å². The van der Waals surface area contributed by atoms with Crippen molar-refractivity contribution in [1.82, 2.24) is 0 Å². The number of nitrogens with one attached hydrogen (secondary N) is 1. The molecule has 4 N–H and O–H groups in total. The van der Waals surface area contributed by atoms with Gasteiger partial charge in [-0.15, -0.1) is 0 Å². The van der Waals surface area contributed by atoms with Gasteiger partial charge >= 0.3 is 0 Å². The lowest BCUT2D eigenvalue weighted by molar-refractivity contribution is 0.216. The Balaban J connectivity index is 0. The summed E-state index contributed by atoms with van der Waals surface area (Å²) >= 11 is 1.70. The first-order chi connectivity index (χ1) is 3.46. The molecule has 0 atom stereocenters. The van der Waals surface area contributed by atoms with Crippen LogP contribution in [-0.4, -0.2) is 15.1 Å². The number of hydrogen-bond acceptors (Lipinski definition) is 2. The first kappa shape index (κ1) is 11.0. The van der Waals surface area contributed by atoms with E-state index in [0.717, 1.165) is 0 Å². The van der Waals surface area contributed by atoms with E-state index in [1.807, 2.05) is 0 Å². The largest absolute Gasteiger partial charge is 0.394 e. The maximum atomic E-state index is 8.06. The molecule has 0 saturated heterocycles. The molecule has 0 radical (unpaired) electrons. The van der Waals surface area contributed by atoms with Crippen molar-refractivity contribution in [3.63, 3.8) is 0 Å². The van der Waals surface area contributed by atoms with E-state index in [9.17, 15) is 0 Å². The minimum absolute atomic E-state index is 0.137. The van der Waals surface area contributed by atoms with Gasteiger partial charge in [0.1, 0.15) is 0 Å². The van der Waals surface area contributed by atoms with Gasteiger partial charge in [0.25, 0.3) is 0 Å². The Labute approximate surface area is 62.9 Å². The average Bonchev–Trinajstić information content (AvgIpc) is 1.25. The topological polar surface area (TPSA) is 70.1 Å². The van der Waals surface area contributed by atoms with Crippen LogP contribution in [0, 0.1) is 5.41 Å². The third-order valence-electron chi connectivity index (χ3n) is 0. The molecule has 0 aromatic rings. The Morgan fingerprint density at radius 3 is 1.75 bits per heavy atom. The van der Waals surface area contributed by atoms with Gasteiger partial charge in [-0.1, -0.05) is 0 Å². The minimum Gasteiger partial charge on any atom is -0.394 e. The van der Waals surface area contributed by atoms with Gasteiger partial charge in [0.2, 0.25) is 0 Å². The summed E-state index contributed by atoms with van der Waals surface area (Å²) in [7, 11) is 0. The minimum atomic E-state index is -0.167. The summed E-state index contributed by atoms with van der Waals surface area (Å²) in [5, 5.41) is 14.3. The van der Waals surface area contributed by atoms with Crippen molar-refractivity contribution in [3.05, 3.63) is 0 Å². The standard InChI is InChI=1S/C3H8O.CH3IN2/c1-3(2)4;2-1(3)4/h3-4H,1-2H3;(H3,3,4). The second-order valence-electron chi connectivity index (χ2n) is 1.44. The third kappa shape index (κ3) is 6410. The highest BCUT2D eigenvalue weighted by atomic mass is 127. The molecule has 0 aromatic carbocycles. The fraction of sp³-hybridized carbons (Fsp3) is 0.750. The summed E-state index contributed by atoms with van der Waals surface area (Å²) in [5.41, 5.74) is 4.68. The molecule has 0 fully saturated rings. The average molecular weight is 230 g/mol. The zero-order chi connectivity index (χ0) is 7.15. The predicted molar refractivity (Wildman–Crippen MR) is 43.3 cm³/mol. The number of aliphatic hydroxyl groups excluding tert-OH is 1. The highest BCUT2D eigenvalue weighted by Gasteiger charge is 1.69. The van der Waals surface area contributed by atoms with Crippen molar-refractivity contribution in [1.29, 1.82) is 5.41 Å². The van der Waals surface area contributed by atoms with Gasteiger partial charge in [0, 0.05) is 6.10 Å². The van der Waals surface area contributed by atoms with Crippen LogP contribution in [0.5, 0.6) is 0 Å². The van der Waals surface area contributed by atoms with Crippen LogP contribution in [-0.2, 0) is 0 Å². The molecule has 3 nitrogen and oxygen atoms in total. The molecule has 0 aliphatic heterocycles. The third-order valence-corrected chi connectivity index (χ3v) is 0. The summed E-state index contributed by atoms with van der Waals surface area (Å²) in [6, 6.07) is 0. The van der Waals surface area contributed by atoms with Crippen LogP contribution >= 0.6 is 22.6 Å². The van der Waals surface area contributed by atoms with Crippen LogP contribution in [0.25, 0.3) is 0 Å². The highest BCUT2D eigenvalue weighted by molar-refractivity contribution is 14.1. The maximum Gasteiger partial charge on any atom is 0.154 e. The maximum absolute atomic E-state index is 8.06. The van der Waals surface area contributed by atoms with E-state index in [0.29, 0.717) is 0 Å². The van der Waals surface area contributed by atoms with Crippen LogP contribution in [0.3, 0.4) is 0 Å². The molecular weight excluding hydrogens is 219 g/mol. The lowest BCUT2D eigenvalue weighted by atomic mass is 10.5. The fourth-order valence-electron chi connectivity index (χ4n) is 0. The molecule has 4 heteroatoms. The first-order valence-electron chi connectivity index (χ1n) is 2.14. The monoisotopic (exact) mass is 230 g/mol. The second kappa shape index (κ2) is 7.16. The van der Waals surface area contributed by atoms with E-state index in [1.165, 1.54) is 0 Å². The molecule has 0 spiro atoms. The SMILES string of the molecule is CC(C)O.N=C(N)I.